The van der Waals surface area contributed by atoms with Crippen molar-refractivity contribution < 1.29 is 38.2 Å². The molecule has 0 aliphatic carbocycles. The fraction of sp³-hybridized carbons (Fsp3) is 0.500. The van der Waals surface area contributed by atoms with E-state index < -0.39 is 47.8 Å². The van der Waals surface area contributed by atoms with E-state index in [0.29, 0.717) is 0 Å². The molecule has 3 amide bonds. The number of esters is 2. The summed E-state index contributed by atoms with van der Waals surface area (Å²) < 4.78 is 9.28. The zero-order valence-corrected chi connectivity index (χ0v) is 20.4. The molecule has 0 aliphatic rings. The number of carbonyl (C=O) groups is 6. The van der Waals surface area contributed by atoms with Gasteiger partial charge in [-0.05, 0) is 24.3 Å². The number of hydrogen-bond acceptors (Lipinski definition) is 8. The smallest absolute Gasteiger partial charge is 0.328 e. The highest BCUT2D eigenvalue weighted by molar-refractivity contribution is 6.24. The van der Waals surface area contributed by atoms with E-state index in [1.165, 1.54) is 7.11 Å². The molecule has 0 saturated carbocycles. The number of hydrogen-bond donors (Lipinski definition) is 3. The lowest BCUT2D eigenvalue weighted by atomic mass is 10.0. The second-order valence-electron chi connectivity index (χ2n) is 8.26. The summed E-state index contributed by atoms with van der Waals surface area (Å²) >= 11 is 0. The van der Waals surface area contributed by atoms with Crippen LogP contribution in [0.2, 0.25) is 0 Å². The molecule has 1 aromatic rings. The van der Waals surface area contributed by atoms with Gasteiger partial charge in [0.25, 0.3) is 5.91 Å². The molecule has 11 nitrogen and oxygen atoms in total. The van der Waals surface area contributed by atoms with Crippen molar-refractivity contribution in [2.45, 2.75) is 57.7 Å². The van der Waals surface area contributed by atoms with Gasteiger partial charge in [0, 0.05) is 12.8 Å². The topological polar surface area (TPSA) is 157 Å². The van der Waals surface area contributed by atoms with Crippen molar-refractivity contribution >= 4 is 35.9 Å². The highest BCUT2D eigenvalue weighted by Crippen LogP contribution is 2.10. The van der Waals surface area contributed by atoms with Gasteiger partial charge in [0.2, 0.25) is 18.1 Å². The van der Waals surface area contributed by atoms with Gasteiger partial charge in [-0.1, -0.05) is 44.2 Å². The molecule has 1 aromatic carbocycles. The van der Waals surface area contributed by atoms with Crippen LogP contribution in [0.25, 0.3) is 0 Å². The van der Waals surface area contributed by atoms with Gasteiger partial charge < -0.3 is 25.4 Å². The predicted octanol–water partition coefficient (Wildman–Crippen LogP) is 0.0547. The monoisotopic (exact) mass is 491 g/mol. The maximum Gasteiger partial charge on any atom is 0.328 e. The highest BCUT2D eigenvalue weighted by atomic mass is 16.5. The molecular weight excluding hydrogens is 458 g/mol. The Morgan fingerprint density at radius 2 is 1.46 bits per heavy atom. The summed E-state index contributed by atoms with van der Waals surface area (Å²) in [4.78, 5) is 72.2. The summed E-state index contributed by atoms with van der Waals surface area (Å²) in [5.41, 5.74) is 0.734. The Hall–Kier alpha value is -3.76. The van der Waals surface area contributed by atoms with Gasteiger partial charge in [-0.15, -0.1) is 0 Å². The first-order valence-electron chi connectivity index (χ1n) is 11.2. The van der Waals surface area contributed by atoms with E-state index in [0.717, 1.165) is 12.7 Å². The quantitative estimate of drug-likeness (QED) is 0.187. The number of amides is 3. The van der Waals surface area contributed by atoms with Gasteiger partial charge in [-0.25, -0.2) is 4.79 Å². The molecule has 3 atom stereocenters. The molecule has 0 unspecified atom stereocenters. The number of methoxy groups -OCH3 is 2. The van der Waals surface area contributed by atoms with Crippen LogP contribution < -0.4 is 16.0 Å². The summed E-state index contributed by atoms with van der Waals surface area (Å²) in [7, 11) is 2.36. The average molecular weight is 492 g/mol. The van der Waals surface area contributed by atoms with Gasteiger partial charge in [0.05, 0.1) is 14.2 Å². The van der Waals surface area contributed by atoms with Crippen LogP contribution >= 0.6 is 0 Å². The molecule has 3 N–H and O–H groups in total. The van der Waals surface area contributed by atoms with Crippen molar-refractivity contribution in [2.24, 2.45) is 5.92 Å². The first-order chi connectivity index (χ1) is 16.6. The second-order valence-corrected chi connectivity index (χ2v) is 8.26. The SMILES string of the molecule is COC(=O)CC[C@H](NC(=O)[C@H](CC(C)C)NC(=O)[C@H](Cc1ccccc1)NC(=O)C=O)C(=O)OC. The zero-order valence-electron chi connectivity index (χ0n) is 20.4. The van der Waals surface area contributed by atoms with Gasteiger partial charge >= 0.3 is 11.9 Å². The molecule has 0 fully saturated rings. The molecule has 0 aliphatic heterocycles. The molecule has 0 spiro atoms. The standard InChI is InChI=1S/C24H33N3O8/c1-15(2)12-18(22(31)26-17(24(33)35-4)10-11-21(30)34-3)27-23(32)19(25-20(29)14-28)13-16-8-6-5-7-9-16/h5-9,14-15,17-19H,10-13H2,1-4H3,(H,25,29)(H,26,31)(H,27,32)/t17-,18-,19-/m0/s1. The van der Waals surface area contributed by atoms with Gasteiger partial charge in [-0.2, -0.15) is 0 Å². The molecular formula is C24H33N3O8. The zero-order chi connectivity index (χ0) is 26.4. The molecule has 0 bridgehead atoms. The summed E-state index contributed by atoms with van der Waals surface area (Å²) in [5.74, 6) is -3.64. The van der Waals surface area contributed by atoms with E-state index in [9.17, 15) is 28.8 Å². The summed E-state index contributed by atoms with van der Waals surface area (Å²) in [6.07, 6.45) is 0.189. The molecule has 0 heterocycles. The Morgan fingerprint density at radius 1 is 0.857 bits per heavy atom. The largest absolute Gasteiger partial charge is 0.469 e. The molecule has 0 aromatic heterocycles. The Bertz CT molecular complexity index is 888. The van der Waals surface area contributed by atoms with E-state index in [1.807, 2.05) is 13.8 Å². The van der Waals surface area contributed by atoms with Gasteiger partial charge in [0.15, 0.2) is 0 Å². The number of benzene rings is 1. The molecule has 11 heteroatoms. The van der Waals surface area contributed by atoms with E-state index >= 15 is 0 Å². The van der Waals surface area contributed by atoms with E-state index in [1.54, 1.807) is 30.3 Å². The summed E-state index contributed by atoms with van der Waals surface area (Å²) in [6, 6.07) is 5.54. The van der Waals surface area contributed by atoms with Crippen molar-refractivity contribution in [3.05, 3.63) is 35.9 Å². The van der Waals surface area contributed by atoms with Crippen LogP contribution in [0, 0.1) is 5.92 Å². The molecule has 1 rings (SSSR count). The lowest BCUT2D eigenvalue weighted by Crippen LogP contribution is -2.56. The van der Waals surface area contributed by atoms with Crippen molar-refractivity contribution in [2.75, 3.05) is 14.2 Å². The number of nitrogens with one attached hydrogen (secondary N) is 3. The maximum atomic E-state index is 13.1. The minimum atomic E-state index is -1.13. The third-order valence-corrected chi connectivity index (χ3v) is 5.03. The minimum Gasteiger partial charge on any atom is -0.469 e. The fourth-order valence-corrected chi connectivity index (χ4v) is 3.27. The Morgan fingerprint density at radius 3 is 2.00 bits per heavy atom. The molecule has 192 valence electrons. The Kier molecular flexibility index (Phi) is 12.7. The van der Waals surface area contributed by atoms with Crippen molar-refractivity contribution in [3.8, 4) is 0 Å². The van der Waals surface area contributed by atoms with Crippen LogP contribution in [-0.4, -0.2) is 68.3 Å². The van der Waals surface area contributed by atoms with Crippen molar-refractivity contribution in [1.82, 2.24) is 16.0 Å². The number of carbonyl (C=O) groups excluding carboxylic acids is 6. The third-order valence-electron chi connectivity index (χ3n) is 5.03. The number of aldehydes is 1. The average Bonchev–Trinajstić information content (AvgIpc) is 2.84. The minimum absolute atomic E-state index is 0.0187. The molecule has 0 radical (unpaired) electrons. The Labute approximate surface area is 204 Å². The van der Waals surface area contributed by atoms with E-state index in [2.05, 4.69) is 20.7 Å². The Balaban J connectivity index is 3.04. The van der Waals surface area contributed by atoms with Crippen LogP contribution in [0.5, 0.6) is 0 Å². The van der Waals surface area contributed by atoms with Crippen LogP contribution in [0.3, 0.4) is 0 Å². The predicted molar refractivity (Wildman–Crippen MR) is 125 cm³/mol. The maximum absolute atomic E-state index is 13.1. The fourth-order valence-electron chi connectivity index (χ4n) is 3.27. The summed E-state index contributed by atoms with van der Waals surface area (Å²) in [6.45, 7) is 3.69. The van der Waals surface area contributed by atoms with Crippen molar-refractivity contribution in [1.29, 1.82) is 0 Å². The molecule has 0 saturated heterocycles. The van der Waals surface area contributed by atoms with Crippen molar-refractivity contribution in [3.63, 3.8) is 0 Å². The van der Waals surface area contributed by atoms with E-state index in [4.69, 9.17) is 4.74 Å². The van der Waals surface area contributed by atoms with Crippen LogP contribution in [-0.2, 0) is 44.7 Å². The highest BCUT2D eigenvalue weighted by Gasteiger charge is 2.30. The third kappa shape index (κ3) is 10.8. The van der Waals surface area contributed by atoms with E-state index in [-0.39, 0.29) is 37.9 Å². The second kappa shape index (κ2) is 15.2. The molecule has 35 heavy (non-hydrogen) atoms. The van der Waals surface area contributed by atoms with Crippen LogP contribution in [0.4, 0.5) is 0 Å². The van der Waals surface area contributed by atoms with Crippen LogP contribution in [0.15, 0.2) is 30.3 Å². The number of rotatable bonds is 14. The first kappa shape index (κ1) is 29.3. The number of ether oxygens (including phenoxy) is 2. The first-order valence-corrected chi connectivity index (χ1v) is 11.2. The van der Waals surface area contributed by atoms with Crippen LogP contribution in [0.1, 0.15) is 38.7 Å². The normalized spacial score (nSPS) is 13.1. The van der Waals surface area contributed by atoms with Gasteiger partial charge in [-0.3, -0.25) is 24.0 Å². The van der Waals surface area contributed by atoms with Gasteiger partial charge in [0.1, 0.15) is 18.1 Å². The lowest BCUT2D eigenvalue weighted by molar-refractivity contribution is -0.146. The lowest BCUT2D eigenvalue weighted by Gasteiger charge is -2.25. The summed E-state index contributed by atoms with van der Waals surface area (Å²) in [5, 5.41) is 7.47.